The molecule has 1 aliphatic heterocycles. The quantitative estimate of drug-likeness (QED) is 0.455. The van der Waals surface area contributed by atoms with E-state index in [0.29, 0.717) is 17.2 Å². The molecule has 178 valence electrons. The normalized spacial score (nSPS) is 17.5. The van der Waals surface area contributed by atoms with Gasteiger partial charge in [-0.15, -0.1) is 0 Å². The summed E-state index contributed by atoms with van der Waals surface area (Å²) in [4.78, 5) is 14.6. The average Bonchev–Trinajstić information content (AvgIpc) is 3.63. The fraction of sp³-hybridized carbons (Fsp3) is 0.519. The molecule has 2 aliphatic rings. The van der Waals surface area contributed by atoms with Crippen LogP contribution in [0.2, 0.25) is 0 Å². The van der Waals surface area contributed by atoms with Gasteiger partial charge in [0.25, 0.3) is 0 Å². The zero-order valence-electron chi connectivity index (χ0n) is 20.2. The number of ether oxygens (including phenoxy) is 3. The minimum atomic E-state index is -0.511. The number of carbonyl (C=O) groups is 1. The van der Waals surface area contributed by atoms with Crippen LogP contribution in [0.4, 0.5) is 5.69 Å². The lowest BCUT2D eigenvalue weighted by Crippen LogP contribution is -2.36. The average molecular weight is 453 g/mol. The largest absolute Gasteiger partial charge is 0.476 e. The Hall–Kier alpha value is -2.57. The molecule has 1 heterocycles. The van der Waals surface area contributed by atoms with Crippen molar-refractivity contribution in [1.82, 2.24) is 5.32 Å². The van der Waals surface area contributed by atoms with Crippen LogP contribution in [0, 0.1) is 0 Å². The van der Waals surface area contributed by atoms with E-state index in [1.54, 1.807) is 12.1 Å². The van der Waals surface area contributed by atoms with Crippen LogP contribution >= 0.6 is 0 Å². The number of rotatable bonds is 8. The number of carbonyl (C=O) groups excluding carboxylic acids is 1. The molecule has 2 aromatic carbocycles. The van der Waals surface area contributed by atoms with E-state index in [4.69, 9.17) is 14.2 Å². The van der Waals surface area contributed by atoms with Crippen molar-refractivity contribution in [2.75, 3.05) is 31.2 Å². The lowest BCUT2D eigenvalue weighted by atomic mass is 10.0. The van der Waals surface area contributed by atoms with Gasteiger partial charge < -0.3 is 19.1 Å². The summed E-state index contributed by atoms with van der Waals surface area (Å²) in [5.74, 6) is 1.09. The van der Waals surface area contributed by atoms with Crippen molar-refractivity contribution in [3.05, 3.63) is 59.2 Å². The van der Waals surface area contributed by atoms with Gasteiger partial charge in [-0.1, -0.05) is 6.07 Å². The molecular weight excluding hydrogens is 416 g/mol. The van der Waals surface area contributed by atoms with Gasteiger partial charge in [0.2, 0.25) is 0 Å². The number of nitrogens with one attached hydrogen (secondary N) is 1. The maximum absolute atomic E-state index is 12.2. The first-order valence-corrected chi connectivity index (χ1v) is 12.0. The molecule has 1 saturated heterocycles. The van der Waals surface area contributed by atoms with Crippen molar-refractivity contribution in [2.24, 2.45) is 0 Å². The number of nitrogens with zero attached hydrogens (tertiary/aromatic N) is 1. The maximum Gasteiger partial charge on any atom is 0.338 e. The monoisotopic (exact) mass is 452 g/mol. The highest BCUT2D eigenvalue weighted by Gasteiger charge is 2.25. The first-order chi connectivity index (χ1) is 15.8. The van der Waals surface area contributed by atoms with Crippen LogP contribution in [0.25, 0.3) is 0 Å². The predicted molar refractivity (Wildman–Crippen MR) is 130 cm³/mol. The lowest BCUT2D eigenvalue weighted by molar-refractivity contribution is 0.00695. The maximum atomic E-state index is 12.2. The molecule has 0 bridgehead atoms. The summed E-state index contributed by atoms with van der Waals surface area (Å²) < 4.78 is 17.0. The number of hydrogen-bond acceptors (Lipinski definition) is 6. The summed E-state index contributed by atoms with van der Waals surface area (Å²) in [5, 5.41) is 3.48. The Kier molecular flexibility index (Phi) is 7.25. The fourth-order valence-corrected chi connectivity index (χ4v) is 3.97. The highest BCUT2D eigenvalue weighted by atomic mass is 16.6. The molecule has 0 radical (unpaired) electrons. The number of morpholine rings is 1. The van der Waals surface area contributed by atoms with Gasteiger partial charge in [-0.05, 0) is 94.0 Å². The van der Waals surface area contributed by atoms with Crippen LogP contribution < -0.4 is 15.0 Å². The lowest BCUT2D eigenvalue weighted by Gasteiger charge is -2.30. The van der Waals surface area contributed by atoms with Gasteiger partial charge in [0.15, 0.2) is 0 Å². The second-order valence-electron chi connectivity index (χ2n) is 9.97. The van der Waals surface area contributed by atoms with Crippen LogP contribution in [0.15, 0.2) is 42.5 Å². The van der Waals surface area contributed by atoms with Crippen LogP contribution in [0.3, 0.4) is 0 Å². The first kappa shape index (κ1) is 23.6. The number of benzene rings is 2. The Morgan fingerprint density at radius 3 is 2.45 bits per heavy atom. The Morgan fingerprint density at radius 1 is 1.12 bits per heavy atom. The van der Waals surface area contributed by atoms with Crippen molar-refractivity contribution in [3.63, 3.8) is 0 Å². The Labute approximate surface area is 197 Å². The molecule has 2 fully saturated rings. The zero-order chi connectivity index (χ0) is 23.4. The third-order valence-electron chi connectivity index (χ3n) is 5.82. The van der Waals surface area contributed by atoms with E-state index < -0.39 is 5.60 Å². The van der Waals surface area contributed by atoms with Crippen LogP contribution in [-0.2, 0) is 16.0 Å². The Balaban J connectivity index is 1.34. The highest BCUT2D eigenvalue weighted by molar-refractivity contribution is 5.89. The van der Waals surface area contributed by atoms with E-state index in [0.717, 1.165) is 32.8 Å². The smallest absolute Gasteiger partial charge is 0.338 e. The summed E-state index contributed by atoms with van der Waals surface area (Å²) in [6.45, 7) is 11.8. The first-order valence-electron chi connectivity index (χ1n) is 12.0. The second-order valence-corrected chi connectivity index (χ2v) is 9.97. The zero-order valence-corrected chi connectivity index (χ0v) is 20.2. The molecule has 0 spiro atoms. The molecular formula is C27H36N2O4. The number of hydrogen-bond donors (Lipinski definition) is 1. The summed E-state index contributed by atoms with van der Waals surface area (Å²) in [6, 6.07) is 14.1. The van der Waals surface area contributed by atoms with Gasteiger partial charge in [0.05, 0.1) is 18.8 Å². The van der Waals surface area contributed by atoms with E-state index in [2.05, 4.69) is 28.4 Å². The standard InChI is InChI=1S/C27H36N2O4/c1-19(32-25-9-7-22(8-10-25)26(30)33-27(2,3)4)28-18-20-15-23(21-5-6-21)17-24(16-20)29-11-13-31-14-12-29/h7-10,15-17,19,21,28H,5-6,11-14,18H2,1-4H3. The van der Waals surface area contributed by atoms with Crippen LogP contribution in [0.5, 0.6) is 5.75 Å². The summed E-state index contributed by atoms with van der Waals surface area (Å²) in [7, 11) is 0. The van der Waals surface area contributed by atoms with E-state index in [1.165, 1.54) is 29.7 Å². The van der Waals surface area contributed by atoms with Crippen LogP contribution in [-0.4, -0.2) is 44.1 Å². The molecule has 1 unspecified atom stereocenters. The molecule has 6 nitrogen and oxygen atoms in total. The fourth-order valence-electron chi connectivity index (χ4n) is 3.97. The summed E-state index contributed by atoms with van der Waals surface area (Å²) >= 11 is 0. The minimum Gasteiger partial charge on any atom is -0.476 e. The third-order valence-corrected chi connectivity index (χ3v) is 5.82. The molecule has 0 amide bonds. The van der Waals surface area contributed by atoms with E-state index in [1.807, 2.05) is 39.8 Å². The molecule has 1 saturated carbocycles. The molecule has 1 aliphatic carbocycles. The molecule has 33 heavy (non-hydrogen) atoms. The van der Waals surface area contributed by atoms with Crippen LogP contribution in [0.1, 0.15) is 67.9 Å². The minimum absolute atomic E-state index is 0.172. The van der Waals surface area contributed by atoms with Gasteiger partial charge in [0.1, 0.15) is 17.6 Å². The Morgan fingerprint density at radius 2 is 1.82 bits per heavy atom. The van der Waals surface area contributed by atoms with Crippen molar-refractivity contribution >= 4 is 11.7 Å². The molecule has 6 heteroatoms. The van der Waals surface area contributed by atoms with Crippen molar-refractivity contribution in [3.8, 4) is 5.75 Å². The van der Waals surface area contributed by atoms with Crippen molar-refractivity contribution in [2.45, 2.75) is 64.8 Å². The number of anilines is 1. The molecule has 4 rings (SSSR count). The summed E-state index contributed by atoms with van der Waals surface area (Å²) in [6.07, 6.45) is 2.41. The Bertz CT molecular complexity index is 942. The molecule has 2 aromatic rings. The van der Waals surface area contributed by atoms with Gasteiger partial charge in [0, 0.05) is 25.3 Å². The predicted octanol–water partition coefficient (Wildman–Crippen LogP) is 4.87. The van der Waals surface area contributed by atoms with E-state index in [-0.39, 0.29) is 12.2 Å². The third kappa shape index (κ3) is 6.95. The highest BCUT2D eigenvalue weighted by Crippen LogP contribution is 2.41. The van der Waals surface area contributed by atoms with Crippen molar-refractivity contribution < 1.29 is 19.0 Å². The molecule has 1 atom stereocenters. The van der Waals surface area contributed by atoms with Gasteiger partial charge in [-0.2, -0.15) is 0 Å². The topological polar surface area (TPSA) is 60.0 Å². The SMILES string of the molecule is CC(NCc1cc(C2CC2)cc(N2CCOCC2)c1)Oc1ccc(C(=O)OC(C)(C)C)cc1. The van der Waals surface area contributed by atoms with E-state index in [9.17, 15) is 4.79 Å². The molecule has 0 aromatic heterocycles. The van der Waals surface area contributed by atoms with Gasteiger partial charge in [-0.3, -0.25) is 5.32 Å². The second kappa shape index (κ2) is 10.1. The van der Waals surface area contributed by atoms with E-state index >= 15 is 0 Å². The van der Waals surface area contributed by atoms with Gasteiger partial charge in [-0.25, -0.2) is 4.79 Å². The van der Waals surface area contributed by atoms with Crippen molar-refractivity contribution in [1.29, 1.82) is 0 Å². The number of esters is 1. The molecule has 1 N–H and O–H groups in total. The van der Waals surface area contributed by atoms with Gasteiger partial charge >= 0.3 is 5.97 Å². The summed E-state index contributed by atoms with van der Waals surface area (Å²) in [5.41, 5.74) is 4.03.